The lowest BCUT2D eigenvalue weighted by atomic mass is 10.1. The van der Waals surface area contributed by atoms with Crippen molar-refractivity contribution in [1.29, 1.82) is 0 Å². The first-order valence-electron chi connectivity index (χ1n) is 7.01. The molecule has 0 spiro atoms. The van der Waals surface area contributed by atoms with Gasteiger partial charge in [0.25, 0.3) is 11.8 Å². The van der Waals surface area contributed by atoms with Crippen LogP contribution in [0.5, 0.6) is 11.5 Å². The van der Waals surface area contributed by atoms with Gasteiger partial charge in [0.1, 0.15) is 5.57 Å². The minimum absolute atomic E-state index is 0.239. The summed E-state index contributed by atoms with van der Waals surface area (Å²) in [4.78, 5) is 45.3. The second kappa shape index (κ2) is 7.96. The fourth-order valence-electron chi connectivity index (χ4n) is 1.98. The van der Waals surface area contributed by atoms with E-state index in [1.54, 1.807) is 13.0 Å². The molecule has 2 rings (SSSR count). The van der Waals surface area contributed by atoms with Crippen molar-refractivity contribution in [2.45, 2.75) is 6.92 Å². The van der Waals surface area contributed by atoms with Crippen molar-refractivity contribution in [2.24, 2.45) is 0 Å². The van der Waals surface area contributed by atoms with Gasteiger partial charge in [-0.2, -0.15) is 0 Å². The van der Waals surface area contributed by atoms with Crippen molar-refractivity contribution in [2.75, 3.05) is 13.2 Å². The molecule has 25 heavy (non-hydrogen) atoms. The van der Waals surface area contributed by atoms with Crippen molar-refractivity contribution >= 4 is 52.5 Å². The molecule has 1 aromatic carbocycles. The SMILES string of the molecule is CCOc1cc(C=C2C(=O)NC(=O)NC2=O)cc(I)c1OCC(=O)O. The topological polar surface area (TPSA) is 131 Å². The van der Waals surface area contributed by atoms with E-state index in [-0.39, 0.29) is 17.1 Å². The van der Waals surface area contributed by atoms with Crippen LogP contribution in [0.25, 0.3) is 6.08 Å². The van der Waals surface area contributed by atoms with E-state index in [1.165, 1.54) is 12.1 Å². The number of hydrogen-bond acceptors (Lipinski definition) is 6. The lowest BCUT2D eigenvalue weighted by Gasteiger charge is -2.16. The highest BCUT2D eigenvalue weighted by molar-refractivity contribution is 14.1. The number of ether oxygens (including phenoxy) is 2. The third kappa shape index (κ3) is 4.68. The van der Waals surface area contributed by atoms with Crippen molar-refractivity contribution in [1.82, 2.24) is 10.6 Å². The van der Waals surface area contributed by atoms with Gasteiger partial charge in [0.2, 0.25) is 0 Å². The molecule has 1 fully saturated rings. The molecule has 0 saturated carbocycles. The summed E-state index contributed by atoms with van der Waals surface area (Å²) in [6.07, 6.45) is 1.29. The Balaban J connectivity index is 2.40. The number of hydrogen-bond donors (Lipinski definition) is 3. The summed E-state index contributed by atoms with van der Waals surface area (Å²) in [5.74, 6) is -2.24. The zero-order valence-corrected chi connectivity index (χ0v) is 15.1. The van der Waals surface area contributed by atoms with Gasteiger partial charge in [-0.05, 0) is 53.3 Å². The summed E-state index contributed by atoms with van der Waals surface area (Å²) < 4.78 is 11.2. The van der Waals surface area contributed by atoms with E-state index in [0.29, 0.717) is 15.7 Å². The van der Waals surface area contributed by atoms with Crippen LogP contribution in [-0.4, -0.2) is 42.1 Å². The van der Waals surface area contributed by atoms with Gasteiger partial charge >= 0.3 is 12.0 Å². The molecule has 132 valence electrons. The number of amides is 4. The zero-order valence-electron chi connectivity index (χ0n) is 12.9. The van der Waals surface area contributed by atoms with Gasteiger partial charge in [0.15, 0.2) is 18.1 Å². The zero-order chi connectivity index (χ0) is 18.6. The Morgan fingerprint density at radius 2 is 1.84 bits per heavy atom. The number of urea groups is 1. The molecule has 10 heteroatoms. The molecule has 0 atom stereocenters. The molecule has 1 saturated heterocycles. The largest absolute Gasteiger partial charge is 0.490 e. The molecule has 1 aromatic rings. The van der Waals surface area contributed by atoms with E-state index < -0.39 is 30.4 Å². The quantitative estimate of drug-likeness (QED) is 0.327. The molecule has 0 bridgehead atoms. The van der Waals surface area contributed by atoms with Crippen LogP contribution in [-0.2, 0) is 14.4 Å². The van der Waals surface area contributed by atoms with Crippen LogP contribution in [0.1, 0.15) is 12.5 Å². The Labute approximate surface area is 155 Å². The second-order valence-corrected chi connectivity index (χ2v) is 5.90. The fourth-order valence-corrected chi connectivity index (χ4v) is 2.76. The Morgan fingerprint density at radius 1 is 1.20 bits per heavy atom. The van der Waals surface area contributed by atoms with Crippen molar-refractivity contribution < 1.29 is 33.8 Å². The van der Waals surface area contributed by atoms with Gasteiger partial charge in [-0.1, -0.05) is 0 Å². The van der Waals surface area contributed by atoms with Crippen LogP contribution in [0.2, 0.25) is 0 Å². The summed E-state index contributed by atoms with van der Waals surface area (Å²) in [5.41, 5.74) is 0.210. The number of nitrogens with one attached hydrogen (secondary N) is 2. The molecule has 0 aromatic heterocycles. The van der Waals surface area contributed by atoms with Crippen LogP contribution in [0.15, 0.2) is 17.7 Å². The predicted molar refractivity (Wildman–Crippen MR) is 93.1 cm³/mol. The number of carboxylic acid groups (broad SMARTS) is 1. The van der Waals surface area contributed by atoms with Crippen molar-refractivity contribution in [3.63, 3.8) is 0 Å². The van der Waals surface area contributed by atoms with Crippen LogP contribution in [0, 0.1) is 3.57 Å². The van der Waals surface area contributed by atoms with E-state index in [1.807, 2.05) is 33.2 Å². The average Bonchev–Trinajstić information content (AvgIpc) is 2.50. The van der Waals surface area contributed by atoms with Gasteiger partial charge in [0.05, 0.1) is 10.2 Å². The number of carbonyl (C=O) groups is 4. The van der Waals surface area contributed by atoms with Gasteiger partial charge in [-0.15, -0.1) is 0 Å². The first kappa shape index (κ1) is 18.7. The number of benzene rings is 1. The van der Waals surface area contributed by atoms with E-state index in [2.05, 4.69) is 0 Å². The predicted octanol–water partition coefficient (Wildman–Crippen LogP) is 0.903. The summed E-state index contributed by atoms with van der Waals surface area (Å²) in [6.45, 7) is 1.51. The lowest BCUT2D eigenvalue weighted by Crippen LogP contribution is -2.51. The molecule has 1 aliphatic rings. The van der Waals surface area contributed by atoms with Gasteiger partial charge in [-0.3, -0.25) is 20.2 Å². The molecule has 9 nitrogen and oxygen atoms in total. The summed E-state index contributed by atoms with van der Waals surface area (Å²) in [6, 6.07) is 2.21. The molecule has 0 aliphatic carbocycles. The van der Waals surface area contributed by atoms with Crippen LogP contribution in [0.4, 0.5) is 4.79 Å². The Morgan fingerprint density at radius 3 is 2.40 bits per heavy atom. The maximum Gasteiger partial charge on any atom is 0.341 e. The van der Waals surface area contributed by atoms with Gasteiger partial charge in [-0.25, -0.2) is 9.59 Å². The Hall–Kier alpha value is -2.63. The van der Waals surface area contributed by atoms with Crippen LogP contribution < -0.4 is 20.1 Å². The average molecular weight is 460 g/mol. The first-order chi connectivity index (χ1) is 11.8. The third-order valence-electron chi connectivity index (χ3n) is 2.93. The fraction of sp³-hybridized carbons (Fsp3) is 0.200. The van der Waals surface area contributed by atoms with E-state index in [9.17, 15) is 19.2 Å². The first-order valence-corrected chi connectivity index (χ1v) is 8.09. The molecular formula is C15H13IN2O7. The normalized spacial score (nSPS) is 13.8. The van der Waals surface area contributed by atoms with Gasteiger partial charge in [0, 0.05) is 0 Å². The third-order valence-corrected chi connectivity index (χ3v) is 3.73. The summed E-state index contributed by atoms with van der Waals surface area (Å²) in [5, 5.41) is 12.7. The molecule has 4 amide bonds. The molecule has 1 aliphatic heterocycles. The number of aliphatic carboxylic acids is 1. The van der Waals surface area contributed by atoms with Gasteiger partial charge < -0.3 is 14.6 Å². The smallest absolute Gasteiger partial charge is 0.341 e. The Bertz CT molecular complexity index is 766. The maximum absolute atomic E-state index is 11.8. The number of imide groups is 2. The summed E-state index contributed by atoms with van der Waals surface area (Å²) >= 11 is 1.92. The highest BCUT2D eigenvalue weighted by atomic mass is 127. The van der Waals surface area contributed by atoms with Crippen LogP contribution in [0.3, 0.4) is 0 Å². The number of halogens is 1. The standard InChI is InChI=1S/C15H13IN2O7/c1-2-24-10-5-7(4-9(16)12(10)25-6-11(19)20)3-8-13(21)17-15(23)18-14(8)22/h3-5H,2,6H2,1H3,(H,19,20)(H2,17,18,21,22,23). The Kier molecular flexibility index (Phi) is 5.96. The molecule has 0 unspecified atom stereocenters. The van der Waals surface area contributed by atoms with E-state index in [4.69, 9.17) is 14.6 Å². The minimum Gasteiger partial charge on any atom is -0.490 e. The second-order valence-electron chi connectivity index (χ2n) is 4.74. The monoisotopic (exact) mass is 460 g/mol. The number of rotatable bonds is 6. The maximum atomic E-state index is 11.8. The summed E-state index contributed by atoms with van der Waals surface area (Å²) in [7, 11) is 0. The molecule has 0 radical (unpaired) electrons. The number of carboxylic acids is 1. The van der Waals surface area contributed by atoms with Crippen LogP contribution >= 0.6 is 22.6 Å². The molecule has 1 heterocycles. The number of carbonyl (C=O) groups excluding carboxylic acids is 3. The highest BCUT2D eigenvalue weighted by Gasteiger charge is 2.28. The van der Waals surface area contributed by atoms with E-state index >= 15 is 0 Å². The number of barbiturate groups is 1. The minimum atomic E-state index is -1.13. The molecular weight excluding hydrogens is 447 g/mol. The highest BCUT2D eigenvalue weighted by Crippen LogP contribution is 2.35. The van der Waals surface area contributed by atoms with Crippen molar-refractivity contribution in [3.8, 4) is 11.5 Å². The van der Waals surface area contributed by atoms with E-state index in [0.717, 1.165) is 0 Å². The lowest BCUT2D eigenvalue weighted by molar-refractivity contribution is -0.139. The van der Waals surface area contributed by atoms with Crippen molar-refractivity contribution in [3.05, 3.63) is 26.8 Å². The molecule has 3 N–H and O–H groups in total.